The van der Waals surface area contributed by atoms with E-state index in [9.17, 15) is 14.7 Å². The lowest BCUT2D eigenvalue weighted by Crippen LogP contribution is -2.43. The highest BCUT2D eigenvalue weighted by molar-refractivity contribution is 5.86. The number of hydrogen-bond donors (Lipinski definition) is 3. The first kappa shape index (κ1) is 12.0. The van der Waals surface area contributed by atoms with Gasteiger partial charge in [0.15, 0.2) is 0 Å². The van der Waals surface area contributed by atoms with Crippen LogP contribution in [0, 0.1) is 0 Å². The molecule has 0 aliphatic heterocycles. The van der Waals surface area contributed by atoms with E-state index in [1.165, 1.54) is 6.42 Å². The van der Waals surface area contributed by atoms with Gasteiger partial charge in [-0.1, -0.05) is 19.3 Å². The fourth-order valence-corrected chi connectivity index (χ4v) is 1.83. The lowest BCUT2D eigenvalue weighted by Gasteiger charge is -2.23. The minimum absolute atomic E-state index is 0.147. The van der Waals surface area contributed by atoms with Crippen molar-refractivity contribution >= 4 is 11.8 Å². The second-order valence-electron chi connectivity index (χ2n) is 4.03. The van der Waals surface area contributed by atoms with Crippen LogP contribution in [0.5, 0.6) is 0 Å². The van der Waals surface area contributed by atoms with Gasteiger partial charge in [-0.15, -0.1) is 0 Å². The molecule has 86 valence electrons. The maximum absolute atomic E-state index is 11.4. The molecule has 1 unspecified atom stereocenters. The zero-order valence-corrected chi connectivity index (χ0v) is 8.74. The summed E-state index contributed by atoms with van der Waals surface area (Å²) in [6.07, 6.45) is 3.72. The second kappa shape index (κ2) is 5.70. The van der Waals surface area contributed by atoms with Crippen molar-refractivity contribution in [2.24, 2.45) is 5.73 Å². The quantitative estimate of drug-likeness (QED) is 0.598. The summed E-state index contributed by atoms with van der Waals surface area (Å²) in [6.45, 7) is 0. The van der Waals surface area contributed by atoms with Crippen molar-refractivity contribution in [3.63, 3.8) is 0 Å². The second-order valence-corrected chi connectivity index (χ2v) is 4.03. The molecule has 0 heterocycles. The number of aliphatic hydroxyl groups excluding tert-OH is 1. The highest BCUT2D eigenvalue weighted by Crippen LogP contribution is 2.17. The molecule has 0 spiro atoms. The predicted molar refractivity (Wildman–Crippen MR) is 54.8 cm³/mol. The van der Waals surface area contributed by atoms with Gasteiger partial charge in [0.2, 0.25) is 11.8 Å². The van der Waals surface area contributed by atoms with E-state index in [4.69, 9.17) is 5.73 Å². The Labute approximate surface area is 89.0 Å². The normalized spacial score (nSPS) is 19.5. The van der Waals surface area contributed by atoms with Crippen molar-refractivity contribution in [1.29, 1.82) is 0 Å². The van der Waals surface area contributed by atoms with Gasteiger partial charge in [-0.2, -0.15) is 0 Å². The summed E-state index contributed by atoms with van der Waals surface area (Å²) in [7, 11) is 0. The molecule has 1 aliphatic carbocycles. The fourth-order valence-electron chi connectivity index (χ4n) is 1.83. The van der Waals surface area contributed by atoms with E-state index < -0.39 is 17.9 Å². The van der Waals surface area contributed by atoms with Crippen LogP contribution < -0.4 is 11.1 Å². The van der Waals surface area contributed by atoms with Gasteiger partial charge < -0.3 is 16.2 Å². The van der Waals surface area contributed by atoms with Crippen molar-refractivity contribution in [3.05, 3.63) is 0 Å². The van der Waals surface area contributed by atoms with Crippen LogP contribution >= 0.6 is 0 Å². The molecule has 5 nitrogen and oxygen atoms in total. The van der Waals surface area contributed by atoms with E-state index in [1.807, 2.05) is 0 Å². The fraction of sp³-hybridized carbons (Fsp3) is 0.800. The molecule has 0 aromatic rings. The molecule has 5 heteroatoms. The summed E-state index contributed by atoms with van der Waals surface area (Å²) < 4.78 is 0. The third-order valence-corrected chi connectivity index (χ3v) is 2.65. The number of carbonyl (C=O) groups excluding carboxylic acids is 2. The molecule has 0 saturated heterocycles. The van der Waals surface area contributed by atoms with E-state index >= 15 is 0 Å². The molecular formula is C10H18N2O3. The number of aliphatic hydroxyl groups is 1. The third kappa shape index (κ3) is 4.29. The molecule has 0 bridgehead atoms. The van der Waals surface area contributed by atoms with Gasteiger partial charge in [0, 0.05) is 6.04 Å². The molecule has 0 radical (unpaired) electrons. The van der Waals surface area contributed by atoms with Crippen LogP contribution in [0.2, 0.25) is 0 Å². The van der Waals surface area contributed by atoms with Gasteiger partial charge in [-0.3, -0.25) is 9.59 Å². The van der Waals surface area contributed by atoms with Crippen LogP contribution in [-0.4, -0.2) is 29.1 Å². The van der Waals surface area contributed by atoms with Crippen molar-refractivity contribution < 1.29 is 14.7 Å². The van der Waals surface area contributed by atoms with Gasteiger partial charge in [0.1, 0.15) is 6.10 Å². The van der Waals surface area contributed by atoms with E-state index in [0.717, 1.165) is 25.7 Å². The largest absolute Gasteiger partial charge is 0.383 e. The summed E-state index contributed by atoms with van der Waals surface area (Å²) in [5.74, 6) is -1.15. The van der Waals surface area contributed by atoms with E-state index in [2.05, 4.69) is 5.32 Å². The van der Waals surface area contributed by atoms with E-state index in [-0.39, 0.29) is 12.5 Å². The van der Waals surface area contributed by atoms with Crippen molar-refractivity contribution in [3.8, 4) is 0 Å². The summed E-state index contributed by atoms with van der Waals surface area (Å²) in [5, 5.41) is 12.0. The van der Waals surface area contributed by atoms with Crippen LogP contribution in [0.15, 0.2) is 0 Å². The summed E-state index contributed by atoms with van der Waals surface area (Å²) in [6, 6.07) is 0.147. The van der Waals surface area contributed by atoms with E-state index in [1.54, 1.807) is 0 Å². The van der Waals surface area contributed by atoms with Gasteiger partial charge in [0.05, 0.1) is 6.42 Å². The molecule has 4 N–H and O–H groups in total. The number of carbonyl (C=O) groups is 2. The first-order valence-corrected chi connectivity index (χ1v) is 5.36. The molecule has 1 aliphatic rings. The maximum Gasteiger partial charge on any atom is 0.249 e. The Kier molecular flexibility index (Phi) is 4.55. The lowest BCUT2D eigenvalue weighted by molar-refractivity contribution is -0.134. The minimum atomic E-state index is -1.30. The number of hydrogen-bond acceptors (Lipinski definition) is 3. The zero-order valence-electron chi connectivity index (χ0n) is 8.74. The first-order chi connectivity index (χ1) is 7.09. The highest BCUT2D eigenvalue weighted by Gasteiger charge is 2.21. The number of amides is 2. The molecule has 1 atom stereocenters. The Morgan fingerprint density at radius 1 is 1.33 bits per heavy atom. The predicted octanol–water partition coefficient (Wildman–Crippen LogP) is -0.328. The first-order valence-electron chi connectivity index (χ1n) is 5.36. The Bertz CT molecular complexity index is 237. The number of rotatable bonds is 4. The van der Waals surface area contributed by atoms with Crippen molar-refractivity contribution in [2.45, 2.75) is 50.7 Å². The van der Waals surface area contributed by atoms with Crippen LogP contribution in [0.4, 0.5) is 0 Å². The number of primary amides is 1. The zero-order chi connectivity index (χ0) is 11.3. The Morgan fingerprint density at radius 3 is 2.47 bits per heavy atom. The molecule has 1 fully saturated rings. The summed E-state index contributed by atoms with van der Waals surface area (Å²) >= 11 is 0. The Balaban J connectivity index is 2.30. The molecule has 15 heavy (non-hydrogen) atoms. The van der Waals surface area contributed by atoms with Gasteiger partial charge in [-0.25, -0.2) is 0 Å². The molecule has 0 aromatic heterocycles. The van der Waals surface area contributed by atoms with E-state index in [0.29, 0.717) is 0 Å². The van der Waals surface area contributed by atoms with Crippen LogP contribution in [0.25, 0.3) is 0 Å². The van der Waals surface area contributed by atoms with Crippen LogP contribution in [0.3, 0.4) is 0 Å². The van der Waals surface area contributed by atoms with Crippen molar-refractivity contribution in [2.75, 3.05) is 0 Å². The monoisotopic (exact) mass is 214 g/mol. The molecule has 1 saturated carbocycles. The topological polar surface area (TPSA) is 92.4 Å². The van der Waals surface area contributed by atoms with Crippen LogP contribution in [0.1, 0.15) is 38.5 Å². The number of nitrogens with one attached hydrogen (secondary N) is 1. The van der Waals surface area contributed by atoms with Gasteiger partial charge in [0.25, 0.3) is 0 Å². The average molecular weight is 214 g/mol. The lowest BCUT2D eigenvalue weighted by atomic mass is 9.95. The molecule has 2 amide bonds. The standard InChI is InChI=1S/C10H18N2O3/c11-9(14)6-8(13)10(15)12-7-4-2-1-3-5-7/h7-8,13H,1-6H2,(H2,11,14)(H,12,15). The van der Waals surface area contributed by atoms with Gasteiger partial charge >= 0.3 is 0 Å². The Hall–Kier alpha value is -1.10. The van der Waals surface area contributed by atoms with Crippen molar-refractivity contribution in [1.82, 2.24) is 5.32 Å². The molecule has 0 aromatic carbocycles. The van der Waals surface area contributed by atoms with Gasteiger partial charge in [-0.05, 0) is 12.8 Å². The summed E-state index contributed by atoms with van der Waals surface area (Å²) in [4.78, 5) is 21.9. The molecule has 1 rings (SSSR count). The smallest absolute Gasteiger partial charge is 0.249 e. The van der Waals surface area contributed by atoms with Crippen LogP contribution in [-0.2, 0) is 9.59 Å². The third-order valence-electron chi connectivity index (χ3n) is 2.65. The minimum Gasteiger partial charge on any atom is -0.383 e. The molecular weight excluding hydrogens is 196 g/mol. The Morgan fingerprint density at radius 2 is 1.93 bits per heavy atom. The maximum atomic E-state index is 11.4. The highest BCUT2D eigenvalue weighted by atomic mass is 16.3. The SMILES string of the molecule is NC(=O)CC(O)C(=O)NC1CCCCC1. The number of nitrogens with two attached hydrogens (primary N) is 1. The summed E-state index contributed by atoms with van der Waals surface area (Å²) in [5.41, 5.74) is 4.89. The average Bonchev–Trinajstić information content (AvgIpc) is 2.18.